The molecule has 1 unspecified atom stereocenters. The standard InChI is InChI=1S/C15H20N2O2/c1-11(2)19-14-7-5-6-13(10-14)15(18)17(4)12(3)8-9-16/h5-7,10-12H,8H2,1-4H3. The monoisotopic (exact) mass is 260 g/mol. The summed E-state index contributed by atoms with van der Waals surface area (Å²) in [5.74, 6) is 0.583. The van der Waals surface area contributed by atoms with E-state index in [1.54, 1.807) is 30.1 Å². The third-order valence-electron chi connectivity index (χ3n) is 2.82. The quantitative estimate of drug-likeness (QED) is 0.818. The topological polar surface area (TPSA) is 53.3 Å². The van der Waals surface area contributed by atoms with Gasteiger partial charge in [0.2, 0.25) is 0 Å². The van der Waals surface area contributed by atoms with Gasteiger partial charge >= 0.3 is 0 Å². The molecule has 0 N–H and O–H groups in total. The van der Waals surface area contributed by atoms with Gasteiger partial charge in [0.25, 0.3) is 5.91 Å². The number of nitriles is 1. The summed E-state index contributed by atoms with van der Waals surface area (Å²) >= 11 is 0. The molecule has 1 aromatic rings. The second-order valence-corrected chi connectivity index (χ2v) is 4.82. The van der Waals surface area contributed by atoms with Gasteiger partial charge < -0.3 is 9.64 Å². The van der Waals surface area contributed by atoms with Crippen LogP contribution < -0.4 is 4.74 Å². The highest BCUT2D eigenvalue weighted by molar-refractivity contribution is 5.94. The van der Waals surface area contributed by atoms with E-state index in [2.05, 4.69) is 6.07 Å². The molecule has 0 saturated heterocycles. The number of hydrogen-bond acceptors (Lipinski definition) is 3. The molecule has 1 rings (SSSR count). The molecule has 0 radical (unpaired) electrons. The molecule has 1 atom stereocenters. The average molecular weight is 260 g/mol. The summed E-state index contributed by atoms with van der Waals surface area (Å²) in [5, 5.41) is 8.67. The molecule has 102 valence electrons. The Bertz CT molecular complexity index is 477. The molecular weight excluding hydrogens is 240 g/mol. The third-order valence-corrected chi connectivity index (χ3v) is 2.82. The predicted octanol–water partition coefficient (Wildman–Crippen LogP) is 2.85. The van der Waals surface area contributed by atoms with Crippen LogP contribution in [0, 0.1) is 11.3 Å². The van der Waals surface area contributed by atoms with Gasteiger partial charge in [0.1, 0.15) is 5.75 Å². The van der Waals surface area contributed by atoms with Crippen LogP contribution in [-0.2, 0) is 0 Å². The minimum absolute atomic E-state index is 0.0700. The van der Waals surface area contributed by atoms with Crippen LogP contribution >= 0.6 is 0 Å². The largest absolute Gasteiger partial charge is 0.491 e. The maximum Gasteiger partial charge on any atom is 0.254 e. The Balaban J connectivity index is 2.85. The number of amides is 1. The van der Waals surface area contributed by atoms with Crippen LogP contribution in [0.5, 0.6) is 5.75 Å². The van der Waals surface area contributed by atoms with E-state index in [0.717, 1.165) is 0 Å². The van der Waals surface area contributed by atoms with Crippen molar-refractivity contribution in [3.63, 3.8) is 0 Å². The first kappa shape index (κ1) is 15.0. The lowest BCUT2D eigenvalue weighted by Gasteiger charge is -2.23. The zero-order valence-corrected chi connectivity index (χ0v) is 11.9. The van der Waals surface area contributed by atoms with Crippen molar-refractivity contribution in [2.24, 2.45) is 0 Å². The predicted molar refractivity (Wildman–Crippen MR) is 74.0 cm³/mol. The van der Waals surface area contributed by atoms with E-state index in [-0.39, 0.29) is 18.1 Å². The Kier molecular flexibility index (Phi) is 5.37. The first-order chi connectivity index (χ1) is 8.95. The molecule has 4 heteroatoms. The van der Waals surface area contributed by atoms with Crippen LogP contribution in [0.1, 0.15) is 37.6 Å². The van der Waals surface area contributed by atoms with Crippen molar-refractivity contribution in [2.45, 2.75) is 39.3 Å². The Morgan fingerprint density at radius 3 is 2.68 bits per heavy atom. The molecule has 0 bridgehead atoms. The summed E-state index contributed by atoms with van der Waals surface area (Å²) in [5.41, 5.74) is 0.574. The van der Waals surface area contributed by atoms with Gasteiger partial charge in [-0.1, -0.05) is 6.07 Å². The first-order valence-corrected chi connectivity index (χ1v) is 6.36. The van der Waals surface area contributed by atoms with Crippen molar-refractivity contribution in [1.29, 1.82) is 5.26 Å². The fraction of sp³-hybridized carbons (Fsp3) is 0.467. The second-order valence-electron chi connectivity index (χ2n) is 4.82. The molecule has 0 saturated carbocycles. The number of hydrogen-bond donors (Lipinski definition) is 0. The zero-order valence-electron chi connectivity index (χ0n) is 11.9. The van der Waals surface area contributed by atoms with Gasteiger partial charge in [-0.25, -0.2) is 0 Å². The summed E-state index contributed by atoms with van der Waals surface area (Å²) in [6.07, 6.45) is 0.394. The lowest BCUT2D eigenvalue weighted by molar-refractivity contribution is 0.0745. The fourth-order valence-electron chi connectivity index (χ4n) is 1.65. The Labute approximate surface area is 114 Å². The lowest BCUT2D eigenvalue weighted by Crippen LogP contribution is -2.34. The fourth-order valence-corrected chi connectivity index (χ4v) is 1.65. The number of ether oxygens (including phenoxy) is 1. The highest BCUT2D eigenvalue weighted by atomic mass is 16.5. The molecule has 4 nitrogen and oxygen atoms in total. The van der Waals surface area contributed by atoms with E-state index in [1.165, 1.54) is 0 Å². The summed E-state index contributed by atoms with van der Waals surface area (Å²) in [7, 11) is 1.71. The molecule has 1 aromatic carbocycles. The number of nitrogens with zero attached hydrogens (tertiary/aromatic N) is 2. The van der Waals surface area contributed by atoms with Crippen molar-refractivity contribution < 1.29 is 9.53 Å². The SMILES string of the molecule is CC(C)Oc1cccc(C(=O)N(C)C(C)CC#N)c1. The number of rotatable bonds is 5. The lowest BCUT2D eigenvalue weighted by atomic mass is 10.1. The van der Waals surface area contributed by atoms with Gasteiger partial charge in [-0.2, -0.15) is 5.26 Å². The number of carbonyl (C=O) groups is 1. The molecule has 1 amide bonds. The number of benzene rings is 1. The van der Waals surface area contributed by atoms with E-state index in [0.29, 0.717) is 17.7 Å². The van der Waals surface area contributed by atoms with Gasteiger partial charge in [0.15, 0.2) is 0 Å². The molecule has 0 aliphatic carbocycles. The van der Waals surface area contributed by atoms with Crippen LogP contribution in [-0.4, -0.2) is 30.0 Å². The van der Waals surface area contributed by atoms with Crippen LogP contribution in [0.2, 0.25) is 0 Å². The molecule has 0 heterocycles. The van der Waals surface area contributed by atoms with Crippen LogP contribution in [0.25, 0.3) is 0 Å². The van der Waals surface area contributed by atoms with Gasteiger partial charge in [0.05, 0.1) is 18.6 Å². The van der Waals surface area contributed by atoms with Crippen molar-refractivity contribution in [3.05, 3.63) is 29.8 Å². The maximum atomic E-state index is 12.3. The summed E-state index contributed by atoms with van der Waals surface area (Å²) in [4.78, 5) is 13.8. The molecule has 19 heavy (non-hydrogen) atoms. The van der Waals surface area contributed by atoms with E-state index < -0.39 is 0 Å². The highest BCUT2D eigenvalue weighted by Crippen LogP contribution is 2.17. The van der Waals surface area contributed by atoms with Gasteiger partial charge in [0, 0.05) is 18.7 Å². The van der Waals surface area contributed by atoms with Crippen molar-refractivity contribution >= 4 is 5.91 Å². The number of carbonyl (C=O) groups excluding carboxylic acids is 1. The average Bonchev–Trinajstić information content (AvgIpc) is 2.36. The van der Waals surface area contributed by atoms with E-state index in [4.69, 9.17) is 10.00 Å². The molecular formula is C15H20N2O2. The maximum absolute atomic E-state index is 12.3. The Hall–Kier alpha value is -2.02. The van der Waals surface area contributed by atoms with Crippen LogP contribution in [0.15, 0.2) is 24.3 Å². The highest BCUT2D eigenvalue weighted by Gasteiger charge is 2.17. The van der Waals surface area contributed by atoms with Crippen molar-refractivity contribution in [2.75, 3.05) is 7.05 Å². The minimum Gasteiger partial charge on any atom is -0.491 e. The Morgan fingerprint density at radius 1 is 1.42 bits per heavy atom. The second kappa shape index (κ2) is 6.79. The molecule has 0 aliphatic rings. The van der Waals surface area contributed by atoms with E-state index in [1.807, 2.05) is 26.8 Å². The van der Waals surface area contributed by atoms with Crippen LogP contribution in [0.4, 0.5) is 0 Å². The molecule has 0 aliphatic heterocycles. The normalized spacial score (nSPS) is 11.8. The van der Waals surface area contributed by atoms with Crippen LogP contribution in [0.3, 0.4) is 0 Å². The van der Waals surface area contributed by atoms with Gasteiger partial charge in [-0.3, -0.25) is 4.79 Å². The zero-order chi connectivity index (χ0) is 14.4. The molecule has 0 aromatic heterocycles. The summed E-state index contributed by atoms with van der Waals surface area (Å²) in [6, 6.07) is 9.09. The summed E-state index contributed by atoms with van der Waals surface area (Å²) < 4.78 is 5.57. The Morgan fingerprint density at radius 2 is 2.11 bits per heavy atom. The van der Waals surface area contributed by atoms with Gasteiger partial charge in [-0.05, 0) is 39.0 Å². The van der Waals surface area contributed by atoms with E-state index in [9.17, 15) is 4.79 Å². The van der Waals surface area contributed by atoms with Crippen molar-refractivity contribution in [3.8, 4) is 11.8 Å². The third kappa shape index (κ3) is 4.29. The minimum atomic E-state index is -0.104. The summed E-state index contributed by atoms with van der Waals surface area (Å²) in [6.45, 7) is 5.74. The first-order valence-electron chi connectivity index (χ1n) is 6.36. The van der Waals surface area contributed by atoms with Gasteiger partial charge in [-0.15, -0.1) is 0 Å². The van der Waals surface area contributed by atoms with E-state index >= 15 is 0 Å². The smallest absolute Gasteiger partial charge is 0.254 e. The molecule has 0 spiro atoms. The van der Waals surface area contributed by atoms with Crippen molar-refractivity contribution in [1.82, 2.24) is 4.90 Å². The molecule has 0 fully saturated rings.